The molecule has 1 aliphatic rings. The Balaban J connectivity index is 1.91. The van der Waals surface area contributed by atoms with Gasteiger partial charge in [0.2, 0.25) is 0 Å². The summed E-state index contributed by atoms with van der Waals surface area (Å²) in [5.74, 6) is -0.0790. The van der Waals surface area contributed by atoms with Crippen molar-refractivity contribution in [3.05, 3.63) is 17.5 Å². The van der Waals surface area contributed by atoms with E-state index in [0.717, 1.165) is 38.0 Å². The molecule has 0 bridgehead atoms. The van der Waals surface area contributed by atoms with E-state index < -0.39 is 0 Å². The highest BCUT2D eigenvalue weighted by Gasteiger charge is 2.17. The van der Waals surface area contributed by atoms with Crippen LogP contribution < -0.4 is 10.6 Å². The minimum Gasteiger partial charge on any atom is -0.347 e. The van der Waals surface area contributed by atoms with Crippen LogP contribution in [0.4, 0.5) is 0 Å². The Morgan fingerprint density at radius 3 is 3.19 bits per heavy atom. The minimum absolute atomic E-state index is 0.0790. The molecular weight excluding hydrogens is 204 g/mol. The fourth-order valence-corrected chi connectivity index (χ4v) is 1.89. The molecule has 5 heteroatoms. The van der Waals surface area contributed by atoms with Gasteiger partial charge in [-0.25, -0.2) is 0 Å². The average Bonchev–Trinajstić information content (AvgIpc) is 2.79. The summed E-state index contributed by atoms with van der Waals surface area (Å²) in [5.41, 5.74) is 1.48. The van der Waals surface area contributed by atoms with Gasteiger partial charge in [-0.3, -0.25) is 9.89 Å². The number of rotatable bonds is 3. The molecule has 1 atom stereocenters. The maximum absolute atomic E-state index is 11.8. The first-order chi connectivity index (χ1) is 7.79. The summed E-state index contributed by atoms with van der Waals surface area (Å²) in [6.07, 6.45) is 3.03. The van der Waals surface area contributed by atoms with Crippen molar-refractivity contribution in [1.82, 2.24) is 20.8 Å². The number of H-pyrrole nitrogens is 1. The first kappa shape index (κ1) is 11.1. The molecule has 0 saturated carbocycles. The second-order valence-corrected chi connectivity index (χ2v) is 4.15. The lowest BCUT2D eigenvalue weighted by atomic mass is 10.1. The quantitative estimate of drug-likeness (QED) is 0.695. The lowest BCUT2D eigenvalue weighted by Crippen LogP contribution is -2.45. The highest BCUT2D eigenvalue weighted by atomic mass is 16.2. The Labute approximate surface area is 95.0 Å². The van der Waals surface area contributed by atoms with Gasteiger partial charge in [-0.05, 0) is 31.9 Å². The first-order valence-electron chi connectivity index (χ1n) is 5.85. The van der Waals surface area contributed by atoms with Gasteiger partial charge in [-0.15, -0.1) is 0 Å². The van der Waals surface area contributed by atoms with Crippen LogP contribution in [-0.4, -0.2) is 35.2 Å². The summed E-state index contributed by atoms with van der Waals surface area (Å²) in [6.45, 7) is 3.94. The maximum atomic E-state index is 11.8. The maximum Gasteiger partial charge on any atom is 0.272 e. The van der Waals surface area contributed by atoms with Crippen LogP contribution in [0.2, 0.25) is 0 Å². The number of piperidine rings is 1. The van der Waals surface area contributed by atoms with Crippen LogP contribution in [0.3, 0.4) is 0 Å². The topological polar surface area (TPSA) is 69.8 Å². The van der Waals surface area contributed by atoms with Gasteiger partial charge in [-0.1, -0.05) is 6.92 Å². The molecule has 88 valence electrons. The summed E-state index contributed by atoms with van der Waals surface area (Å²) in [6, 6.07) is 2.05. The lowest BCUT2D eigenvalue weighted by molar-refractivity contribution is 0.0925. The fraction of sp³-hybridized carbons (Fsp3) is 0.636. The van der Waals surface area contributed by atoms with Crippen LogP contribution in [0.15, 0.2) is 6.07 Å². The van der Waals surface area contributed by atoms with Crippen molar-refractivity contribution in [2.24, 2.45) is 0 Å². The van der Waals surface area contributed by atoms with Gasteiger partial charge in [-0.2, -0.15) is 5.10 Å². The number of hydrogen-bond donors (Lipinski definition) is 3. The predicted octanol–water partition coefficient (Wildman–Crippen LogP) is 0.454. The number of aromatic nitrogens is 2. The van der Waals surface area contributed by atoms with E-state index in [-0.39, 0.29) is 11.9 Å². The highest BCUT2D eigenvalue weighted by molar-refractivity contribution is 5.92. The highest BCUT2D eigenvalue weighted by Crippen LogP contribution is 2.04. The molecule has 0 aliphatic carbocycles. The van der Waals surface area contributed by atoms with E-state index in [1.165, 1.54) is 0 Å². The summed E-state index contributed by atoms with van der Waals surface area (Å²) < 4.78 is 0. The lowest BCUT2D eigenvalue weighted by Gasteiger charge is -2.23. The van der Waals surface area contributed by atoms with Crippen LogP contribution in [0.5, 0.6) is 0 Å². The Kier molecular flexibility index (Phi) is 3.56. The molecule has 1 aliphatic heterocycles. The molecule has 0 spiro atoms. The van der Waals surface area contributed by atoms with Gasteiger partial charge >= 0.3 is 0 Å². The Morgan fingerprint density at radius 1 is 1.69 bits per heavy atom. The van der Waals surface area contributed by atoms with Crippen molar-refractivity contribution >= 4 is 5.91 Å². The second-order valence-electron chi connectivity index (χ2n) is 4.15. The Morgan fingerprint density at radius 2 is 2.56 bits per heavy atom. The van der Waals surface area contributed by atoms with Crippen LogP contribution in [0.25, 0.3) is 0 Å². The third kappa shape index (κ3) is 2.61. The summed E-state index contributed by atoms with van der Waals surface area (Å²) >= 11 is 0. The number of aryl methyl sites for hydroxylation is 1. The van der Waals surface area contributed by atoms with E-state index >= 15 is 0 Å². The molecule has 1 fully saturated rings. The van der Waals surface area contributed by atoms with E-state index in [0.29, 0.717) is 5.69 Å². The average molecular weight is 222 g/mol. The molecule has 1 unspecified atom stereocenters. The molecule has 1 saturated heterocycles. The number of hydrogen-bond acceptors (Lipinski definition) is 3. The molecule has 2 heterocycles. The van der Waals surface area contributed by atoms with Gasteiger partial charge < -0.3 is 10.6 Å². The number of aromatic amines is 1. The third-order valence-electron chi connectivity index (χ3n) is 2.88. The smallest absolute Gasteiger partial charge is 0.272 e. The van der Waals surface area contributed by atoms with Crippen LogP contribution in [0, 0.1) is 0 Å². The van der Waals surface area contributed by atoms with Crippen LogP contribution in [-0.2, 0) is 6.42 Å². The minimum atomic E-state index is -0.0790. The molecule has 0 radical (unpaired) electrons. The van der Waals surface area contributed by atoms with Crippen molar-refractivity contribution < 1.29 is 4.79 Å². The van der Waals surface area contributed by atoms with E-state index in [1.807, 2.05) is 13.0 Å². The van der Waals surface area contributed by atoms with E-state index in [2.05, 4.69) is 20.8 Å². The Bertz CT molecular complexity index is 355. The molecule has 3 N–H and O–H groups in total. The molecule has 1 amide bonds. The number of nitrogens with one attached hydrogen (secondary N) is 3. The van der Waals surface area contributed by atoms with Gasteiger partial charge in [0.1, 0.15) is 5.69 Å². The Hall–Kier alpha value is -1.36. The normalized spacial score (nSPS) is 20.7. The van der Waals surface area contributed by atoms with E-state index in [1.54, 1.807) is 0 Å². The SMILES string of the molecule is CCc1cc(C(=O)NC2CCCNC2)n[nH]1. The van der Waals surface area contributed by atoms with Crippen LogP contribution in [0.1, 0.15) is 35.9 Å². The zero-order chi connectivity index (χ0) is 11.4. The van der Waals surface area contributed by atoms with Gasteiger partial charge in [0.25, 0.3) is 5.91 Å². The number of carbonyl (C=O) groups is 1. The fourth-order valence-electron chi connectivity index (χ4n) is 1.89. The molecule has 16 heavy (non-hydrogen) atoms. The molecular formula is C11H18N4O. The van der Waals surface area contributed by atoms with Crippen molar-refractivity contribution in [1.29, 1.82) is 0 Å². The van der Waals surface area contributed by atoms with Crippen molar-refractivity contribution in [2.45, 2.75) is 32.2 Å². The van der Waals surface area contributed by atoms with Gasteiger partial charge in [0.15, 0.2) is 0 Å². The zero-order valence-corrected chi connectivity index (χ0v) is 9.55. The van der Waals surface area contributed by atoms with Crippen molar-refractivity contribution in [2.75, 3.05) is 13.1 Å². The van der Waals surface area contributed by atoms with Gasteiger partial charge in [0, 0.05) is 18.3 Å². The zero-order valence-electron chi connectivity index (χ0n) is 9.55. The second kappa shape index (κ2) is 5.12. The monoisotopic (exact) mass is 222 g/mol. The summed E-state index contributed by atoms with van der Waals surface area (Å²) in [5, 5.41) is 13.1. The molecule has 2 rings (SSSR count). The molecule has 5 nitrogen and oxygen atoms in total. The van der Waals surface area contributed by atoms with Crippen molar-refractivity contribution in [3.8, 4) is 0 Å². The largest absolute Gasteiger partial charge is 0.347 e. The summed E-state index contributed by atoms with van der Waals surface area (Å²) in [7, 11) is 0. The van der Waals surface area contributed by atoms with Gasteiger partial charge in [0.05, 0.1) is 0 Å². The van der Waals surface area contributed by atoms with Crippen molar-refractivity contribution in [3.63, 3.8) is 0 Å². The standard InChI is InChI=1S/C11H18N4O/c1-2-8-6-10(15-14-8)11(16)13-9-4-3-5-12-7-9/h6,9,12H,2-5,7H2,1H3,(H,13,16)(H,14,15). The van der Waals surface area contributed by atoms with Crippen LogP contribution >= 0.6 is 0 Å². The predicted molar refractivity (Wildman–Crippen MR) is 61.3 cm³/mol. The molecule has 1 aromatic heterocycles. The molecule has 1 aromatic rings. The summed E-state index contributed by atoms with van der Waals surface area (Å²) in [4.78, 5) is 11.8. The third-order valence-corrected chi connectivity index (χ3v) is 2.88. The number of nitrogens with zero attached hydrogens (tertiary/aromatic N) is 1. The first-order valence-corrected chi connectivity index (χ1v) is 5.85. The van der Waals surface area contributed by atoms with E-state index in [9.17, 15) is 4.79 Å². The number of amides is 1. The molecule has 0 aromatic carbocycles. The number of carbonyl (C=O) groups excluding carboxylic acids is 1. The van der Waals surface area contributed by atoms with E-state index in [4.69, 9.17) is 0 Å².